The van der Waals surface area contributed by atoms with Crippen LogP contribution in [0.5, 0.6) is 0 Å². The molecule has 0 aliphatic heterocycles. The van der Waals surface area contributed by atoms with Gasteiger partial charge >= 0.3 is 0 Å². The summed E-state index contributed by atoms with van der Waals surface area (Å²) in [6.45, 7) is 4.13. The number of carbonyl (C=O) groups is 1. The van der Waals surface area contributed by atoms with Crippen LogP contribution in [0.1, 0.15) is 18.9 Å². The first kappa shape index (κ1) is 16.8. The zero-order chi connectivity index (χ0) is 15.1. The van der Waals surface area contributed by atoms with Crippen molar-refractivity contribution in [1.29, 1.82) is 0 Å². The topological polar surface area (TPSA) is 35.6 Å². The largest absolute Gasteiger partial charge is 0.365 e. The molecule has 20 heavy (non-hydrogen) atoms. The minimum absolute atomic E-state index is 0.0694. The number of rotatable bonds is 7. The zero-order valence-electron chi connectivity index (χ0n) is 12.7. The van der Waals surface area contributed by atoms with Crippen LogP contribution in [0.15, 0.2) is 18.2 Å². The SMILES string of the molecule is CCCNCc1c(Cl)cccc1N(C)CC(=O)N(C)C. The van der Waals surface area contributed by atoms with Crippen LogP contribution in [0.4, 0.5) is 5.69 Å². The van der Waals surface area contributed by atoms with Gasteiger partial charge in [0.25, 0.3) is 0 Å². The third-order valence-corrected chi connectivity index (χ3v) is 3.46. The van der Waals surface area contributed by atoms with Crippen molar-refractivity contribution in [2.24, 2.45) is 0 Å². The number of hydrogen-bond donors (Lipinski definition) is 1. The Kier molecular flexibility index (Phi) is 6.82. The number of amides is 1. The molecule has 0 unspecified atom stereocenters. The Labute approximate surface area is 126 Å². The third kappa shape index (κ3) is 4.69. The summed E-state index contributed by atoms with van der Waals surface area (Å²) >= 11 is 6.29. The summed E-state index contributed by atoms with van der Waals surface area (Å²) in [5.41, 5.74) is 2.04. The molecule has 0 spiro atoms. The summed E-state index contributed by atoms with van der Waals surface area (Å²) in [4.78, 5) is 15.4. The Balaban J connectivity index is 2.87. The first-order valence-corrected chi connectivity index (χ1v) is 7.24. The molecule has 0 atom stereocenters. The molecule has 1 aromatic rings. The van der Waals surface area contributed by atoms with E-state index in [2.05, 4.69) is 12.2 Å². The second-order valence-electron chi connectivity index (χ2n) is 5.06. The molecule has 112 valence electrons. The standard InChI is InChI=1S/C15H24ClN3O/c1-5-9-17-10-12-13(16)7-6-8-14(12)19(4)11-15(20)18(2)3/h6-8,17H,5,9-11H2,1-4H3. The van der Waals surface area contributed by atoms with Gasteiger partial charge in [0.05, 0.1) is 6.54 Å². The van der Waals surface area contributed by atoms with Crippen molar-refractivity contribution in [2.45, 2.75) is 19.9 Å². The minimum Gasteiger partial charge on any atom is -0.365 e. The summed E-state index contributed by atoms with van der Waals surface area (Å²) in [7, 11) is 5.44. The molecule has 1 aromatic carbocycles. The Bertz CT molecular complexity index is 449. The summed E-state index contributed by atoms with van der Waals surface area (Å²) in [6.07, 6.45) is 1.08. The maximum Gasteiger partial charge on any atom is 0.241 e. The molecular weight excluding hydrogens is 274 g/mol. The van der Waals surface area contributed by atoms with Crippen LogP contribution in [-0.4, -0.2) is 45.0 Å². The van der Waals surface area contributed by atoms with E-state index in [1.807, 2.05) is 30.1 Å². The van der Waals surface area contributed by atoms with E-state index >= 15 is 0 Å². The second kappa shape index (κ2) is 8.12. The maximum atomic E-state index is 11.8. The predicted molar refractivity (Wildman–Crippen MR) is 85.4 cm³/mol. The van der Waals surface area contributed by atoms with E-state index in [0.717, 1.165) is 29.2 Å². The molecule has 0 saturated heterocycles. The monoisotopic (exact) mass is 297 g/mol. The van der Waals surface area contributed by atoms with E-state index in [4.69, 9.17) is 11.6 Å². The summed E-state index contributed by atoms with van der Waals surface area (Å²) in [5.74, 6) is 0.0694. The van der Waals surface area contributed by atoms with Gasteiger partial charge < -0.3 is 15.1 Å². The molecule has 0 aromatic heterocycles. The highest BCUT2D eigenvalue weighted by Gasteiger charge is 2.14. The molecule has 0 aliphatic carbocycles. The number of benzene rings is 1. The minimum atomic E-state index is 0.0694. The Morgan fingerprint density at radius 3 is 2.60 bits per heavy atom. The van der Waals surface area contributed by atoms with Gasteiger partial charge in [0, 0.05) is 44.0 Å². The molecule has 0 bridgehead atoms. The molecule has 0 fully saturated rings. The quantitative estimate of drug-likeness (QED) is 0.785. The van der Waals surface area contributed by atoms with Crippen molar-refractivity contribution in [3.05, 3.63) is 28.8 Å². The first-order chi connectivity index (χ1) is 9.47. The van der Waals surface area contributed by atoms with Gasteiger partial charge in [-0.25, -0.2) is 0 Å². The summed E-state index contributed by atoms with van der Waals surface area (Å²) in [6, 6.07) is 5.80. The second-order valence-corrected chi connectivity index (χ2v) is 5.47. The Morgan fingerprint density at radius 1 is 1.30 bits per heavy atom. The van der Waals surface area contributed by atoms with Crippen molar-refractivity contribution in [2.75, 3.05) is 39.1 Å². The normalized spacial score (nSPS) is 10.4. The van der Waals surface area contributed by atoms with Gasteiger partial charge in [0.2, 0.25) is 5.91 Å². The molecule has 0 saturated carbocycles. The van der Waals surface area contributed by atoms with E-state index in [0.29, 0.717) is 13.1 Å². The van der Waals surface area contributed by atoms with Crippen LogP contribution >= 0.6 is 11.6 Å². The molecular formula is C15H24ClN3O. The van der Waals surface area contributed by atoms with Gasteiger partial charge in [0.15, 0.2) is 0 Å². The van der Waals surface area contributed by atoms with Crippen molar-refractivity contribution in [3.63, 3.8) is 0 Å². The van der Waals surface area contributed by atoms with Crippen LogP contribution in [0.2, 0.25) is 5.02 Å². The van der Waals surface area contributed by atoms with Crippen LogP contribution in [0, 0.1) is 0 Å². The number of nitrogens with one attached hydrogen (secondary N) is 1. The average Bonchev–Trinajstić information content (AvgIpc) is 2.40. The summed E-state index contributed by atoms with van der Waals surface area (Å²) in [5, 5.41) is 4.09. The van der Waals surface area contributed by atoms with Gasteiger partial charge in [-0.05, 0) is 25.1 Å². The van der Waals surface area contributed by atoms with E-state index in [9.17, 15) is 4.79 Å². The molecule has 0 radical (unpaired) electrons. The zero-order valence-corrected chi connectivity index (χ0v) is 13.5. The molecule has 1 rings (SSSR count). The number of nitrogens with zero attached hydrogens (tertiary/aromatic N) is 2. The lowest BCUT2D eigenvalue weighted by Crippen LogP contribution is -2.35. The average molecular weight is 298 g/mol. The van der Waals surface area contributed by atoms with E-state index in [1.54, 1.807) is 19.0 Å². The van der Waals surface area contributed by atoms with E-state index < -0.39 is 0 Å². The van der Waals surface area contributed by atoms with Gasteiger partial charge in [-0.2, -0.15) is 0 Å². The highest BCUT2D eigenvalue weighted by Crippen LogP contribution is 2.26. The Morgan fingerprint density at radius 2 is 2.00 bits per heavy atom. The van der Waals surface area contributed by atoms with E-state index in [1.165, 1.54) is 0 Å². The highest BCUT2D eigenvalue weighted by molar-refractivity contribution is 6.31. The summed E-state index contributed by atoms with van der Waals surface area (Å²) < 4.78 is 0. The van der Waals surface area contributed by atoms with Crippen LogP contribution in [0.25, 0.3) is 0 Å². The van der Waals surface area contributed by atoms with Crippen molar-refractivity contribution in [3.8, 4) is 0 Å². The Hall–Kier alpha value is -1.26. The number of carbonyl (C=O) groups excluding carboxylic acids is 1. The molecule has 5 heteroatoms. The van der Waals surface area contributed by atoms with Crippen molar-refractivity contribution in [1.82, 2.24) is 10.2 Å². The third-order valence-electron chi connectivity index (χ3n) is 3.11. The van der Waals surface area contributed by atoms with Crippen molar-refractivity contribution >= 4 is 23.2 Å². The van der Waals surface area contributed by atoms with E-state index in [-0.39, 0.29) is 5.91 Å². The number of likely N-dealkylation sites (N-methyl/N-ethyl adjacent to an activating group) is 2. The molecule has 1 N–H and O–H groups in total. The van der Waals surface area contributed by atoms with Gasteiger partial charge in [-0.15, -0.1) is 0 Å². The molecule has 0 aliphatic rings. The fraction of sp³-hybridized carbons (Fsp3) is 0.533. The smallest absolute Gasteiger partial charge is 0.241 e. The van der Waals surface area contributed by atoms with Crippen LogP contribution < -0.4 is 10.2 Å². The lowest BCUT2D eigenvalue weighted by Gasteiger charge is -2.24. The first-order valence-electron chi connectivity index (χ1n) is 6.86. The fourth-order valence-electron chi connectivity index (χ4n) is 1.90. The number of hydrogen-bond acceptors (Lipinski definition) is 3. The number of halogens is 1. The fourth-order valence-corrected chi connectivity index (χ4v) is 2.14. The van der Waals surface area contributed by atoms with Crippen molar-refractivity contribution < 1.29 is 4.79 Å². The van der Waals surface area contributed by atoms with Gasteiger partial charge in [0.1, 0.15) is 0 Å². The van der Waals surface area contributed by atoms with Crippen LogP contribution in [0.3, 0.4) is 0 Å². The van der Waals surface area contributed by atoms with Crippen LogP contribution in [-0.2, 0) is 11.3 Å². The molecule has 0 heterocycles. The predicted octanol–water partition coefficient (Wildman–Crippen LogP) is 2.36. The lowest BCUT2D eigenvalue weighted by molar-refractivity contribution is -0.127. The maximum absolute atomic E-state index is 11.8. The molecule has 1 amide bonds. The molecule has 4 nitrogen and oxygen atoms in total. The van der Waals surface area contributed by atoms with Gasteiger partial charge in [-0.3, -0.25) is 4.79 Å². The lowest BCUT2D eigenvalue weighted by atomic mass is 10.1. The number of anilines is 1. The highest BCUT2D eigenvalue weighted by atomic mass is 35.5. The van der Waals surface area contributed by atoms with Gasteiger partial charge in [-0.1, -0.05) is 24.6 Å².